The minimum absolute atomic E-state index is 0.381. The lowest BCUT2D eigenvalue weighted by Gasteiger charge is -2.28. The second-order valence-corrected chi connectivity index (χ2v) is 5.61. The van der Waals surface area contributed by atoms with Crippen molar-refractivity contribution in [3.05, 3.63) is 60.2 Å². The van der Waals surface area contributed by atoms with Crippen molar-refractivity contribution in [3.63, 3.8) is 0 Å². The Morgan fingerprint density at radius 3 is 2.25 bits per heavy atom. The van der Waals surface area contributed by atoms with Gasteiger partial charge in [0.15, 0.2) is 5.60 Å². The fourth-order valence-electron chi connectivity index (χ4n) is 2.53. The topological polar surface area (TPSA) is 35.5 Å². The van der Waals surface area contributed by atoms with Gasteiger partial charge in [-0.1, -0.05) is 49.6 Å². The van der Waals surface area contributed by atoms with Crippen LogP contribution in [0.25, 0.3) is 0 Å². The van der Waals surface area contributed by atoms with Crippen LogP contribution < -0.4 is 4.74 Å². The number of carbonyl (C=O) groups is 1. The van der Waals surface area contributed by atoms with Crippen LogP contribution >= 0.6 is 0 Å². The van der Waals surface area contributed by atoms with E-state index < -0.39 is 5.60 Å². The molecule has 3 heteroatoms. The molecule has 1 atom stereocenters. The van der Waals surface area contributed by atoms with Crippen molar-refractivity contribution in [1.29, 1.82) is 0 Å². The van der Waals surface area contributed by atoms with E-state index in [0.29, 0.717) is 12.2 Å². The van der Waals surface area contributed by atoms with Gasteiger partial charge in [0, 0.05) is 18.9 Å². The van der Waals surface area contributed by atoms with Gasteiger partial charge in [-0.2, -0.15) is 0 Å². The van der Waals surface area contributed by atoms with Gasteiger partial charge in [0.25, 0.3) is 0 Å². The maximum Gasteiger partial charge on any atom is 0.304 e. The van der Waals surface area contributed by atoms with Crippen molar-refractivity contribution in [3.8, 4) is 23.8 Å². The zero-order valence-electron chi connectivity index (χ0n) is 14.1. The van der Waals surface area contributed by atoms with Gasteiger partial charge in [0.2, 0.25) is 0 Å². The number of rotatable bonds is 7. The third-order valence-corrected chi connectivity index (χ3v) is 3.73. The maximum absolute atomic E-state index is 11.5. The molecule has 0 saturated carbocycles. The Hall–Kier alpha value is -2.73. The molecule has 0 amide bonds. The SMILES string of the molecule is C#CC(CCCC)(OC(C)=O)c1ccc(Oc2ccccc2)cc1. The van der Waals surface area contributed by atoms with Gasteiger partial charge in [0.05, 0.1) is 0 Å². The molecule has 2 rings (SSSR count). The third kappa shape index (κ3) is 4.39. The lowest BCUT2D eigenvalue weighted by molar-refractivity contribution is -0.153. The Labute approximate surface area is 143 Å². The molecule has 1 unspecified atom stereocenters. The van der Waals surface area contributed by atoms with Crippen LogP contribution in [0.15, 0.2) is 54.6 Å². The van der Waals surface area contributed by atoms with E-state index in [-0.39, 0.29) is 5.97 Å². The lowest BCUT2D eigenvalue weighted by atomic mass is 9.89. The molecule has 0 bridgehead atoms. The molecule has 0 saturated heterocycles. The summed E-state index contributed by atoms with van der Waals surface area (Å²) in [5, 5.41) is 0. The number of carbonyl (C=O) groups excluding carboxylic acids is 1. The van der Waals surface area contributed by atoms with Gasteiger partial charge in [-0.05, 0) is 30.7 Å². The molecule has 2 aromatic carbocycles. The molecule has 0 aliphatic carbocycles. The predicted octanol–water partition coefficient (Wildman–Crippen LogP) is 5.06. The van der Waals surface area contributed by atoms with Crippen molar-refractivity contribution >= 4 is 5.97 Å². The monoisotopic (exact) mass is 322 g/mol. The highest BCUT2D eigenvalue weighted by Gasteiger charge is 2.33. The predicted molar refractivity (Wildman–Crippen MR) is 94.8 cm³/mol. The molecule has 0 fully saturated rings. The number of hydrogen-bond donors (Lipinski definition) is 0. The summed E-state index contributed by atoms with van der Waals surface area (Å²) in [6, 6.07) is 16.9. The first-order valence-electron chi connectivity index (χ1n) is 8.10. The van der Waals surface area contributed by atoms with E-state index in [2.05, 4.69) is 12.8 Å². The first-order valence-corrected chi connectivity index (χ1v) is 8.10. The Bertz CT molecular complexity index is 698. The highest BCUT2D eigenvalue weighted by atomic mass is 16.6. The van der Waals surface area contributed by atoms with E-state index in [1.54, 1.807) is 0 Å². The fraction of sp³-hybridized carbons (Fsp3) is 0.286. The molecule has 3 nitrogen and oxygen atoms in total. The normalized spacial score (nSPS) is 12.7. The van der Waals surface area contributed by atoms with Crippen LogP contribution in [0.1, 0.15) is 38.7 Å². The molecular formula is C21H22O3. The number of para-hydroxylation sites is 1. The summed E-state index contributed by atoms with van der Waals surface area (Å²) in [4.78, 5) is 11.5. The molecule has 0 aliphatic heterocycles. The van der Waals surface area contributed by atoms with Crippen LogP contribution in [0.4, 0.5) is 0 Å². The zero-order chi connectivity index (χ0) is 17.4. The summed E-state index contributed by atoms with van der Waals surface area (Å²) in [6.45, 7) is 3.46. The second-order valence-electron chi connectivity index (χ2n) is 5.61. The number of ether oxygens (including phenoxy) is 2. The summed E-state index contributed by atoms with van der Waals surface area (Å²) >= 11 is 0. The van der Waals surface area contributed by atoms with Gasteiger partial charge in [-0.15, -0.1) is 6.42 Å². The van der Waals surface area contributed by atoms with E-state index in [1.165, 1.54) is 6.92 Å². The molecule has 0 aromatic heterocycles. The van der Waals surface area contributed by atoms with Crippen LogP contribution in [0.2, 0.25) is 0 Å². The van der Waals surface area contributed by atoms with Gasteiger partial charge >= 0.3 is 5.97 Å². The van der Waals surface area contributed by atoms with E-state index in [9.17, 15) is 4.79 Å². The Kier molecular flexibility index (Phi) is 6.03. The average molecular weight is 322 g/mol. The van der Waals surface area contributed by atoms with Crippen molar-refractivity contribution in [2.75, 3.05) is 0 Å². The molecule has 0 aliphatic rings. The minimum atomic E-state index is -1.02. The number of benzene rings is 2. The van der Waals surface area contributed by atoms with E-state index >= 15 is 0 Å². The molecule has 0 heterocycles. The smallest absolute Gasteiger partial charge is 0.304 e. The number of hydrogen-bond acceptors (Lipinski definition) is 3. The van der Waals surface area contributed by atoms with E-state index in [1.807, 2.05) is 54.6 Å². The summed E-state index contributed by atoms with van der Waals surface area (Å²) < 4.78 is 11.3. The summed E-state index contributed by atoms with van der Waals surface area (Å²) in [6.07, 6.45) is 8.17. The van der Waals surface area contributed by atoms with E-state index in [0.717, 1.165) is 24.2 Å². The molecule has 0 N–H and O–H groups in total. The number of unbranched alkanes of at least 4 members (excludes halogenated alkanes) is 1. The van der Waals surface area contributed by atoms with Gasteiger partial charge in [0.1, 0.15) is 11.5 Å². The number of terminal acetylenes is 1. The Morgan fingerprint density at radius 1 is 1.08 bits per heavy atom. The number of esters is 1. The fourth-order valence-corrected chi connectivity index (χ4v) is 2.53. The molecule has 2 aromatic rings. The Morgan fingerprint density at radius 2 is 1.71 bits per heavy atom. The summed E-state index contributed by atoms with van der Waals surface area (Å²) in [5.41, 5.74) is -0.235. The van der Waals surface area contributed by atoms with Crippen LogP contribution in [0.5, 0.6) is 11.5 Å². The second kappa shape index (κ2) is 8.21. The first kappa shape index (κ1) is 17.6. The highest BCUT2D eigenvalue weighted by molar-refractivity contribution is 5.67. The third-order valence-electron chi connectivity index (χ3n) is 3.73. The molecule has 124 valence electrons. The largest absolute Gasteiger partial charge is 0.457 e. The molecule has 24 heavy (non-hydrogen) atoms. The minimum Gasteiger partial charge on any atom is -0.457 e. The van der Waals surface area contributed by atoms with Gasteiger partial charge < -0.3 is 9.47 Å². The standard InChI is InChI=1S/C21H22O3/c1-4-6-16-21(5-2,24-17(3)22)18-12-14-20(15-13-18)23-19-10-8-7-9-11-19/h2,7-15H,4,6,16H2,1,3H3. The van der Waals surface area contributed by atoms with Crippen LogP contribution in [-0.2, 0) is 15.1 Å². The lowest BCUT2D eigenvalue weighted by Crippen LogP contribution is -2.30. The van der Waals surface area contributed by atoms with Crippen molar-refractivity contribution in [2.24, 2.45) is 0 Å². The van der Waals surface area contributed by atoms with Crippen molar-refractivity contribution < 1.29 is 14.3 Å². The molecule has 0 radical (unpaired) electrons. The first-order chi connectivity index (χ1) is 11.6. The molecular weight excluding hydrogens is 300 g/mol. The Balaban J connectivity index is 2.24. The average Bonchev–Trinajstić information content (AvgIpc) is 2.60. The highest BCUT2D eigenvalue weighted by Crippen LogP contribution is 2.33. The zero-order valence-corrected chi connectivity index (χ0v) is 14.1. The maximum atomic E-state index is 11.5. The van der Waals surface area contributed by atoms with Gasteiger partial charge in [-0.25, -0.2) is 0 Å². The summed E-state index contributed by atoms with van der Waals surface area (Å²) in [7, 11) is 0. The van der Waals surface area contributed by atoms with Gasteiger partial charge in [-0.3, -0.25) is 4.79 Å². The van der Waals surface area contributed by atoms with Crippen LogP contribution in [-0.4, -0.2) is 5.97 Å². The summed E-state index contributed by atoms with van der Waals surface area (Å²) in [5.74, 6) is 3.77. The van der Waals surface area contributed by atoms with Crippen LogP contribution in [0.3, 0.4) is 0 Å². The van der Waals surface area contributed by atoms with Crippen molar-refractivity contribution in [1.82, 2.24) is 0 Å². The van der Waals surface area contributed by atoms with Crippen molar-refractivity contribution in [2.45, 2.75) is 38.7 Å². The van der Waals surface area contributed by atoms with E-state index in [4.69, 9.17) is 15.9 Å². The quantitative estimate of drug-likeness (QED) is 0.528. The molecule has 0 spiro atoms. The van der Waals surface area contributed by atoms with Crippen LogP contribution in [0, 0.1) is 12.3 Å².